The molecule has 1 aliphatic carbocycles. The zero-order valence-electron chi connectivity index (χ0n) is 40.9. The molecular weight excluding hydrogens is 959 g/mol. The number of fused-ring (bicyclic) bond motifs is 3. The summed E-state index contributed by atoms with van der Waals surface area (Å²) in [6.45, 7) is 1.48. The molecule has 1 saturated heterocycles. The van der Waals surface area contributed by atoms with Gasteiger partial charge in [0.05, 0.1) is 5.75 Å². The summed E-state index contributed by atoms with van der Waals surface area (Å²) in [4.78, 5) is 123. The van der Waals surface area contributed by atoms with E-state index in [9.17, 15) is 51.6 Å². The molecule has 5 N–H and O–H groups in total. The number of benzene rings is 2. The molecule has 6 heterocycles. The van der Waals surface area contributed by atoms with E-state index in [4.69, 9.17) is 0 Å². The second-order valence-electron chi connectivity index (χ2n) is 19.7. The fourth-order valence-electron chi connectivity index (χ4n) is 10.4. The van der Waals surface area contributed by atoms with E-state index < -0.39 is 57.1 Å². The molecule has 2 aromatic carbocycles. The van der Waals surface area contributed by atoms with Gasteiger partial charge in [-0.05, 0) is 79.3 Å². The van der Waals surface area contributed by atoms with Gasteiger partial charge in [-0.3, -0.25) is 53.4 Å². The summed E-state index contributed by atoms with van der Waals surface area (Å²) in [6, 6.07) is 8.47. The lowest BCUT2D eigenvalue weighted by Gasteiger charge is -2.29. The van der Waals surface area contributed by atoms with Crippen LogP contribution in [0.15, 0.2) is 53.5 Å². The second-order valence-corrected chi connectivity index (χ2v) is 21.9. The van der Waals surface area contributed by atoms with Crippen LogP contribution < -0.4 is 31.7 Å². The molecule has 1 saturated carbocycles. The monoisotopic (exact) mass is 1020 g/mol. The Labute approximate surface area is 421 Å². The van der Waals surface area contributed by atoms with Crippen molar-refractivity contribution in [3.63, 3.8) is 0 Å². The van der Waals surface area contributed by atoms with Gasteiger partial charge in [0.1, 0.15) is 17.3 Å². The first-order chi connectivity index (χ1) is 34.9. The molecule has 1 unspecified atom stereocenters. The molecule has 21 heteroatoms. The molecule has 2 fully saturated rings. The molecule has 73 heavy (non-hydrogen) atoms. The van der Waals surface area contributed by atoms with Gasteiger partial charge in [-0.2, -0.15) is 0 Å². The number of imide groups is 2. The number of carbonyl (C=O) groups is 8. The van der Waals surface area contributed by atoms with Crippen LogP contribution in [0, 0.1) is 5.92 Å². The topological polar surface area (TPSA) is 266 Å². The Morgan fingerprint density at radius 3 is 2.25 bits per heavy atom. The first kappa shape index (κ1) is 50.5. The number of pyridine rings is 1. The number of sulfone groups is 1. The zero-order chi connectivity index (χ0) is 51.7. The quantitative estimate of drug-likeness (QED) is 0.0596. The number of aromatic amines is 1. The van der Waals surface area contributed by atoms with Gasteiger partial charge >= 0.3 is 0 Å². The maximum Gasteiger partial charge on any atom is 0.274 e. The Kier molecular flexibility index (Phi) is 14.5. The minimum absolute atomic E-state index is 0.0303. The maximum atomic E-state index is 14.2. The molecule has 5 aliphatic rings. The van der Waals surface area contributed by atoms with Crippen molar-refractivity contribution in [1.29, 1.82) is 0 Å². The Morgan fingerprint density at radius 2 is 1.51 bits per heavy atom. The number of rotatable bonds is 21. The van der Waals surface area contributed by atoms with Gasteiger partial charge < -0.3 is 35.3 Å². The highest BCUT2D eigenvalue weighted by molar-refractivity contribution is 7.89. The summed E-state index contributed by atoms with van der Waals surface area (Å²) < 4.78 is 27.3. The van der Waals surface area contributed by atoms with Gasteiger partial charge in [-0.25, -0.2) is 8.42 Å². The van der Waals surface area contributed by atoms with Crippen LogP contribution in [0.1, 0.15) is 118 Å². The molecule has 0 spiro atoms. The van der Waals surface area contributed by atoms with E-state index in [1.54, 1.807) is 36.3 Å². The third kappa shape index (κ3) is 11.0. The van der Waals surface area contributed by atoms with Gasteiger partial charge in [0, 0.05) is 129 Å². The lowest BCUT2D eigenvalue weighted by molar-refractivity contribution is -0.138. The third-order valence-electron chi connectivity index (χ3n) is 14.3. The molecule has 0 radical (unpaired) electrons. The molecule has 8 amide bonds. The number of unbranched alkanes of at least 4 members (excludes halogenated alkanes) is 4. The number of piperidine rings is 1. The minimum Gasteiger partial charge on any atom is -0.366 e. The van der Waals surface area contributed by atoms with E-state index in [-0.39, 0.29) is 73.2 Å². The SMILES string of the molecule is Cn1cc2c3c(c(C(=O)NCCNC(=O)CCN4C(=O)C=CC4=O)[nH]c3c1=O)CN(CC1CC1)c1cc(C(=O)NCCCCCCCc3cccc4c3CN(C3CCC(=O)NC3=O)C4=O)c(CS(C)(=O)=O)cc1-2. The van der Waals surface area contributed by atoms with E-state index in [0.717, 1.165) is 79.4 Å². The predicted molar refractivity (Wildman–Crippen MR) is 269 cm³/mol. The average molecular weight is 1020 g/mol. The zero-order valence-corrected chi connectivity index (χ0v) is 41.7. The van der Waals surface area contributed by atoms with Crippen molar-refractivity contribution in [2.75, 3.05) is 43.9 Å². The number of hydrogen-bond donors (Lipinski definition) is 5. The summed E-state index contributed by atoms with van der Waals surface area (Å²) in [6.07, 6.45) is 12.4. The number of nitrogens with zero attached hydrogens (tertiary/aromatic N) is 4. The summed E-state index contributed by atoms with van der Waals surface area (Å²) >= 11 is 0. The molecule has 4 aliphatic heterocycles. The Bertz CT molecular complexity index is 3170. The molecule has 384 valence electrons. The van der Waals surface area contributed by atoms with Crippen LogP contribution in [0.25, 0.3) is 22.0 Å². The van der Waals surface area contributed by atoms with Gasteiger partial charge in [-0.1, -0.05) is 31.4 Å². The largest absolute Gasteiger partial charge is 0.366 e. The summed E-state index contributed by atoms with van der Waals surface area (Å²) in [5.74, 6) is -3.34. The Hall–Kier alpha value is -7.42. The predicted octanol–water partition coefficient (Wildman–Crippen LogP) is 2.65. The van der Waals surface area contributed by atoms with E-state index in [0.29, 0.717) is 77.3 Å². The van der Waals surface area contributed by atoms with Crippen molar-refractivity contribution >= 4 is 73.7 Å². The fourth-order valence-corrected chi connectivity index (χ4v) is 11.2. The average Bonchev–Trinajstić information content (AvgIpc) is 3.91. The summed E-state index contributed by atoms with van der Waals surface area (Å²) in [7, 11) is -2.05. The van der Waals surface area contributed by atoms with E-state index in [2.05, 4.69) is 31.2 Å². The first-order valence-corrected chi connectivity index (χ1v) is 27.0. The van der Waals surface area contributed by atoms with Crippen LogP contribution in [0.2, 0.25) is 0 Å². The van der Waals surface area contributed by atoms with E-state index in [1.165, 1.54) is 4.57 Å². The van der Waals surface area contributed by atoms with Crippen molar-refractivity contribution in [2.24, 2.45) is 13.0 Å². The number of H-pyrrole nitrogens is 1. The van der Waals surface area contributed by atoms with Gasteiger partial charge in [0.2, 0.25) is 17.7 Å². The number of nitrogens with one attached hydrogen (secondary N) is 5. The maximum absolute atomic E-state index is 14.2. The molecule has 2 aromatic heterocycles. The number of amides is 8. The molecule has 20 nitrogen and oxygen atoms in total. The van der Waals surface area contributed by atoms with Crippen LogP contribution in [0.3, 0.4) is 0 Å². The third-order valence-corrected chi connectivity index (χ3v) is 15.1. The van der Waals surface area contributed by atoms with Crippen LogP contribution in [0.4, 0.5) is 5.69 Å². The lowest BCUT2D eigenvalue weighted by Crippen LogP contribution is -2.52. The van der Waals surface area contributed by atoms with E-state index in [1.807, 2.05) is 12.1 Å². The van der Waals surface area contributed by atoms with Crippen LogP contribution in [-0.2, 0) is 66.1 Å². The lowest BCUT2D eigenvalue weighted by atomic mass is 9.95. The molecule has 4 aromatic rings. The van der Waals surface area contributed by atoms with Crippen molar-refractivity contribution in [2.45, 2.75) is 95.5 Å². The highest BCUT2D eigenvalue weighted by Gasteiger charge is 2.40. The van der Waals surface area contributed by atoms with Crippen LogP contribution >= 0.6 is 0 Å². The van der Waals surface area contributed by atoms with Crippen molar-refractivity contribution in [3.8, 4) is 11.1 Å². The first-order valence-electron chi connectivity index (χ1n) is 24.9. The normalized spacial score (nSPS) is 17.3. The number of aryl methyl sites for hydroxylation is 2. The van der Waals surface area contributed by atoms with Gasteiger partial charge in [0.15, 0.2) is 9.84 Å². The molecular formula is C52H59N9O11S. The van der Waals surface area contributed by atoms with Crippen LogP contribution in [-0.4, -0.2) is 120 Å². The molecule has 1 atom stereocenters. The van der Waals surface area contributed by atoms with E-state index >= 15 is 0 Å². The number of anilines is 1. The standard InChI is InChI=1S/C52H59N9O11S/c1-58-26-37-35-23-32(29-73(2,71)72)34(48(66)54-19-7-5-3-4-6-9-31-10-8-11-33-36(31)28-61(51(33)69)39-14-15-42(63)56-49(39)67)24-40(35)59(25-30-12-13-30)27-38-45(37)47(52(58)70)57-46(38)50(68)55-21-20-53-41(62)18-22-60-43(64)16-17-44(60)65/h8,10-11,16-17,23-24,26,30,39,57H,3-7,9,12-15,18-22,25,27-29H2,1-2H3,(H,53,62)(H,54,66)(H,55,68)(H,56,63,67). The molecule has 0 bridgehead atoms. The highest BCUT2D eigenvalue weighted by Crippen LogP contribution is 2.45. The second kappa shape index (κ2) is 21.0. The molecule has 9 rings (SSSR count). The van der Waals surface area contributed by atoms with Crippen molar-refractivity contribution in [1.82, 2.24) is 40.6 Å². The number of aromatic nitrogens is 2. The highest BCUT2D eigenvalue weighted by atomic mass is 32.2. The summed E-state index contributed by atoms with van der Waals surface area (Å²) in [5.41, 5.74) is 5.53. The van der Waals surface area contributed by atoms with Crippen molar-refractivity contribution in [3.05, 3.63) is 98.1 Å². The fraction of sp³-hybridized carbons (Fsp3) is 0.442. The van der Waals surface area contributed by atoms with Gasteiger partial charge in [-0.15, -0.1) is 0 Å². The Balaban J connectivity index is 0.850. The summed E-state index contributed by atoms with van der Waals surface area (Å²) in [5, 5.41) is 11.4. The smallest absolute Gasteiger partial charge is 0.274 e. The Morgan fingerprint density at radius 1 is 0.781 bits per heavy atom. The van der Waals surface area contributed by atoms with Crippen molar-refractivity contribution < 1.29 is 46.8 Å². The van der Waals surface area contributed by atoms with Gasteiger partial charge in [0.25, 0.3) is 35.1 Å². The minimum atomic E-state index is -3.64. The number of hydrogen-bond acceptors (Lipinski definition) is 12. The van der Waals surface area contributed by atoms with Crippen LogP contribution in [0.5, 0.6) is 0 Å². The number of carbonyl (C=O) groups excluding carboxylic acids is 8.